The van der Waals surface area contributed by atoms with Gasteiger partial charge in [0.1, 0.15) is 7.05 Å². The quantitative estimate of drug-likeness (QED) is 0.512. The Bertz CT molecular complexity index is 503. The second-order valence-corrected chi connectivity index (χ2v) is 5.06. The van der Waals surface area contributed by atoms with E-state index in [2.05, 4.69) is 39.0 Å². The molecule has 2 N–H and O–H groups in total. The topological polar surface area (TPSA) is 34.8 Å². The fourth-order valence-corrected chi connectivity index (χ4v) is 1.75. The van der Waals surface area contributed by atoms with Gasteiger partial charge in [0, 0.05) is 5.39 Å². The first kappa shape index (κ1) is 10.0. The predicted octanol–water partition coefficient (Wildman–Crippen LogP) is 1.48. The van der Waals surface area contributed by atoms with Gasteiger partial charge in [-0.15, -0.1) is 0 Å². The summed E-state index contributed by atoms with van der Waals surface area (Å²) in [5.41, 5.74) is 2.68. The molecule has 0 radical (unpaired) electrons. The zero-order valence-electron chi connectivity index (χ0n) is 9.78. The Balaban J connectivity index is 2.70. The normalized spacial score (nSPS) is 12.3. The first-order valence-electron chi connectivity index (χ1n) is 5.16. The van der Waals surface area contributed by atoms with Crippen LogP contribution >= 0.6 is 0 Å². The van der Waals surface area contributed by atoms with Gasteiger partial charge in [-0.2, -0.15) is 4.68 Å². The van der Waals surface area contributed by atoms with E-state index in [0.29, 0.717) is 0 Å². The van der Waals surface area contributed by atoms with Crippen molar-refractivity contribution in [1.82, 2.24) is 4.79 Å². The molecule has 0 saturated carbocycles. The largest absolute Gasteiger partial charge is 0.219 e. The number of benzene rings is 1. The molecule has 2 rings (SSSR count). The average Bonchev–Trinajstić information content (AvgIpc) is 2.41. The van der Waals surface area contributed by atoms with Crippen LogP contribution in [0.15, 0.2) is 24.4 Å². The summed E-state index contributed by atoms with van der Waals surface area (Å²) in [6, 6.07) is 6.50. The molecule has 15 heavy (non-hydrogen) atoms. The number of nitrogens with two attached hydrogens (primary N) is 1. The molecule has 0 spiro atoms. The van der Waals surface area contributed by atoms with Gasteiger partial charge in [-0.05, 0) is 23.1 Å². The van der Waals surface area contributed by atoms with Crippen molar-refractivity contribution in [3.8, 4) is 0 Å². The molecule has 3 heteroatoms. The third-order valence-corrected chi connectivity index (χ3v) is 2.86. The summed E-state index contributed by atoms with van der Waals surface area (Å²) in [6.07, 6.45) is 1.93. The molecule has 1 heterocycles. The predicted molar refractivity (Wildman–Crippen MR) is 62.0 cm³/mol. The monoisotopic (exact) mass is 204 g/mol. The highest BCUT2D eigenvalue weighted by atomic mass is 15.5. The summed E-state index contributed by atoms with van der Waals surface area (Å²) >= 11 is 0. The zero-order chi connectivity index (χ0) is 11.2. The van der Waals surface area contributed by atoms with Crippen LogP contribution < -0.4 is 10.5 Å². The van der Waals surface area contributed by atoms with Gasteiger partial charge in [-0.25, -0.2) is 5.84 Å². The van der Waals surface area contributed by atoms with Crippen LogP contribution in [0.4, 0.5) is 0 Å². The van der Waals surface area contributed by atoms with E-state index < -0.39 is 0 Å². The van der Waals surface area contributed by atoms with Crippen molar-refractivity contribution >= 4 is 10.9 Å². The van der Waals surface area contributed by atoms with Crippen molar-refractivity contribution in [2.75, 3.05) is 5.84 Å². The SMILES string of the molecule is C[n+]1c2cc(C(C)(C)C)ccc2cn1N. The van der Waals surface area contributed by atoms with Gasteiger partial charge in [0.05, 0.1) is 6.20 Å². The van der Waals surface area contributed by atoms with Crippen molar-refractivity contribution in [3.63, 3.8) is 0 Å². The van der Waals surface area contributed by atoms with Gasteiger partial charge >= 0.3 is 0 Å². The van der Waals surface area contributed by atoms with E-state index in [1.165, 1.54) is 16.5 Å². The lowest BCUT2D eigenvalue weighted by Crippen LogP contribution is -2.43. The molecule has 0 fully saturated rings. The van der Waals surface area contributed by atoms with Crippen molar-refractivity contribution in [3.05, 3.63) is 30.0 Å². The van der Waals surface area contributed by atoms with E-state index in [9.17, 15) is 0 Å². The van der Waals surface area contributed by atoms with Crippen LogP contribution in [-0.4, -0.2) is 4.79 Å². The number of rotatable bonds is 0. The molecule has 0 atom stereocenters. The lowest BCUT2D eigenvalue weighted by molar-refractivity contribution is -0.724. The maximum absolute atomic E-state index is 5.79. The fourth-order valence-electron chi connectivity index (χ4n) is 1.75. The molecule has 3 nitrogen and oxygen atoms in total. The molecule has 0 aliphatic heterocycles. The zero-order valence-corrected chi connectivity index (χ0v) is 9.78. The molecule has 0 bridgehead atoms. The number of nitrogen functional groups attached to an aromatic ring is 1. The van der Waals surface area contributed by atoms with E-state index in [0.717, 1.165) is 0 Å². The minimum absolute atomic E-state index is 0.178. The highest BCUT2D eigenvalue weighted by Crippen LogP contribution is 2.24. The lowest BCUT2D eigenvalue weighted by atomic mass is 9.87. The van der Waals surface area contributed by atoms with Crippen molar-refractivity contribution < 1.29 is 4.68 Å². The van der Waals surface area contributed by atoms with Gasteiger partial charge in [0.15, 0.2) is 5.52 Å². The minimum Gasteiger partial charge on any atom is -0.219 e. The molecule has 0 aliphatic carbocycles. The molecule has 0 aliphatic rings. The van der Waals surface area contributed by atoms with Crippen LogP contribution in [0, 0.1) is 0 Å². The third kappa shape index (κ3) is 1.58. The maximum Gasteiger partial charge on any atom is 0.156 e. The number of aromatic nitrogens is 2. The highest BCUT2D eigenvalue weighted by molar-refractivity contribution is 5.76. The van der Waals surface area contributed by atoms with E-state index in [-0.39, 0.29) is 5.41 Å². The summed E-state index contributed by atoms with van der Waals surface area (Å²) in [5, 5.41) is 1.17. The molecule has 2 aromatic rings. The van der Waals surface area contributed by atoms with Crippen LogP contribution in [0.3, 0.4) is 0 Å². The number of fused-ring (bicyclic) bond motifs is 1. The molecular formula is C12H18N3+. The lowest BCUT2D eigenvalue weighted by Gasteiger charge is -2.18. The van der Waals surface area contributed by atoms with Gasteiger partial charge in [0.25, 0.3) is 0 Å². The number of hydrogen-bond donors (Lipinski definition) is 1. The Morgan fingerprint density at radius 2 is 1.93 bits per heavy atom. The Hall–Kier alpha value is -1.51. The van der Waals surface area contributed by atoms with Crippen molar-refractivity contribution in [2.45, 2.75) is 26.2 Å². The van der Waals surface area contributed by atoms with Crippen LogP contribution in [0.2, 0.25) is 0 Å². The Kier molecular flexibility index (Phi) is 2.00. The number of aryl methyl sites for hydroxylation is 1. The van der Waals surface area contributed by atoms with Crippen LogP contribution in [-0.2, 0) is 12.5 Å². The summed E-state index contributed by atoms with van der Waals surface area (Å²) in [4.78, 5) is 1.61. The summed E-state index contributed by atoms with van der Waals surface area (Å²) in [6.45, 7) is 6.65. The van der Waals surface area contributed by atoms with Crippen LogP contribution in [0.5, 0.6) is 0 Å². The van der Waals surface area contributed by atoms with Crippen LogP contribution in [0.1, 0.15) is 26.3 Å². The molecule has 0 unspecified atom stereocenters. The average molecular weight is 204 g/mol. The molecule has 0 amide bonds. The Morgan fingerprint density at radius 1 is 1.27 bits per heavy atom. The standard InChI is InChI=1S/C12H18N3/c1-12(2,3)10-6-5-9-8-15(13)14(4)11(9)7-10/h5-8H,13H2,1-4H3/q+1. The summed E-state index contributed by atoms with van der Waals surface area (Å²) in [7, 11) is 1.97. The highest BCUT2D eigenvalue weighted by Gasteiger charge is 2.16. The minimum atomic E-state index is 0.178. The summed E-state index contributed by atoms with van der Waals surface area (Å²) in [5.74, 6) is 5.79. The first-order valence-corrected chi connectivity index (χ1v) is 5.16. The fraction of sp³-hybridized carbons (Fsp3) is 0.417. The van der Waals surface area contributed by atoms with Gasteiger partial charge < -0.3 is 0 Å². The third-order valence-electron chi connectivity index (χ3n) is 2.86. The van der Waals surface area contributed by atoms with Crippen LogP contribution in [0.25, 0.3) is 10.9 Å². The van der Waals surface area contributed by atoms with Gasteiger partial charge in [0.2, 0.25) is 0 Å². The number of nitrogens with zero attached hydrogens (tertiary/aromatic N) is 2. The molecule has 1 aromatic carbocycles. The smallest absolute Gasteiger partial charge is 0.156 e. The van der Waals surface area contributed by atoms with E-state index in [1.807, 2.05) is 17.9 Å². The van der Waals surface area contributed by atoms with Crippen molar-refractivity contribution in [1.29, 1.82) is 0 Å². The van der Waals surface area contributed by atoms with E-state index in [1.54, 1.807) is 4.79 Å². The molecule has 80 valence electrons. The van der Waals surface area contributed by atoms with E-state index in [4.69, 9.17) is 5.84 Å². The van der Waals surface area contributed by atoms with Crippen molar-refractivity contribution in [2.24, 2.45) is 7.05 Å². The van der Waals surface area contributed by atoms with Gasteiger partial charge in [-0.1, -0.05) is 31.6 Å². The second kappa shape index (κ2) is 2.99. The van der Waals surface area contributed by atoms with E-state index >= 15 is 0 Å². The molecule has 0 saturated heterocycles. The molecule has 1 aromatic heterocycles. The number of hydrogen-bond acceptors (Lipinski definition) is 1. The van der Waals surface area contributed by atoms with Gasteiger partial charge in [-0.3, -0.25) is 0 Å². The Labute approximate surface area is 90.1 Å². The molecular weight excluding hydrogens is 186 g/mol. The second-order valence-electron chi connectivity index (χ2n) is 5.06. The maximum atomic E-state index is 5.79. The summed E-state index contributed by atoms with van der Waals surface area (Å²) < 4.78 is 1.95. The Morgan fingerprint density at radius 3 is 2.53 bits per heavy atom. The first-order chi connectivity index (χ1) is 6.89.